The number of aromatic nitrogens is 1. The predicted octanol–water partition coefficient (Wildman–Crippen LogP) is 3.10. The zero-order chi connectivity index (χ0) is 10.2. The van der Waals surface area contributed by atoms with Crippen molar-refractivity contribution >= 4 is 6.08 Å². The minimum atomic E-state index is 0.499. The maximum atomic E-state index is 8.04. The first-order valence-corrected chi connectivity index (χ1v) is 4.43. The number of pyridine rings is 1. The molecule has 0 aliphatic carbocycles. The molecule has 0 aromatic carbocycles. The molecule has 0 saturated heterocycles. The number of rotatable bonds is 4. The van der Waals surface area contributed by atoms with Crippen LogP contribution >= 0.6 is 0 Å². The first-order valence-electron chi connectivity index (χ1n) is 4.43. The summed E-state index contributed by atoms with van der Waals surface area (Å²) in [5.74, 6) is 0. The van der Waals surface area contributed by atoms with E-state index in [1.807, 2.05) is 31.2 Å². The van der Waals surface area contributed by atoms with Gasteiger partial charge in [0.05, 0.1) is 5.69 Å². The highest BCUT2D eigenvalue weighted by Crippen LogP contribution is 2.02. The second-order valence-electron chi connectivity index (χ2n) is 2.90. The quantitative estimate of drug-likeness (QED) is 0.310. The summed E-state index contributed by atoms with van der Waals surface area (Å²) in [5.41, 5.74) is 10.2. The fourth-order valence-electron chi connectivity index (χ4n) is 1.03. The summed E-state index contributed by atoms with van der Waals surface area (Å²) in [7, 11) is 0. The lowest BCUT2D eigenvalue weighted by Gasteiger charge is -1.93. The average molecular weight is 188 g/mol. The minimum absolute atomic E-state index is 0.499. The van der Waals surface area contributed by atoms with Crippen LogP contribution in [-0.2, 0) is 0 Å². The minimum Gasteiger partial charge on any atom is -0.257 e. The van der Waals surface area contributed by atoms with E-state index in [0.29, 0.717) is 6.54 Å². The van der Waals surface area contributed by atoms with E-state index in [0.717, 1.165) is 12.1 Å². The van der Waals surface area contributed by atoms with Gasteiger partial charge in [-0.2, -0.15) is 0 Å². The highest BCUT2D eigenvalue weighted by molar-refractivity contribution is 5.45. The lowest BCUT2D eigenvalue weighted by atomic mass is 10.2. The van der Waals surface area contributed by atoms with E-state index in [9.17, 15) is 0 Å². The Bertz CT molecular complexity index is 364. The lowest BCUT2D eigenvalue weighted by Crippen LogP contribution is -1.81. The molecule has 1 heterocycles. The molecule has 0 atom stereocenters. The fraction of sp³-hybridized carbons (Fsp3) is 0.300. The van der Waals surface area contributed by atoms with Crippen molar-refractivity contribution in [1.29, 1.82) is 0 Å². The molecule has 0 fully saturated rings. The smallest absolute Gasteiger partial charge is 0.0629 e. The van der Waals surface area contributed by atoms with E-state index in [2.05, 4.69) is 15.0 Å². The molecule has 72 valence electrons. The van der Waals surface area contributed by atoms with Gasteiger partial charge in [-0.15, -0.1) is 0 Å². The third-order valence-corrected chi connectivity index (χ3v) is 1.68. The van der Waals surface area contributed by atoms with E-state index < -0.39 is 0 Å². The van der Waals surface area contributed by atoms with Crippen LogP contribution in [0.25, 0.3) is 16.5 Å². The van der Waals surface area contributed by atoms with Crippen molar-refractivity contribution in [2.75, 3.05) is 6.54 Å². The first kappa shape index (κ1) is 10.3. The van der Waals surface area contributed by atoms with Crippen LogP contribution in [0.5, 0.6) is 0 Å². The van der Waals surface area contributed by atoms with Crippen LogP contribution in [0.3, 0.4) is 0 Å². The summed E-state index contributed by atoms with van der Waals surface area (Å²) < 4.78 is 0. The Morgan fingerprint density at radius 2 is 2.50 bits per heavy atom. The zero-order valence-corrected chi connectivity index (χ0v) is 8.09. The Morgan fingerprint density at radius 1 is 1.64 bits per heavy atom. The summed E-state index contributed by atoms with van der Waals surface area (Å²) in [4.78, 5) is 6.84. The van der Waals surface area contributed by atoms with Gasteiger partial charge >= 0.3 is 0 Å². The van der Waals surface area contributed by atoms with Gasteiger partial charge in [-0.3, -0.25) is 4.98 Å². The van der Waals surface area contributed by atoms with Crippen molar-refractivity contribution in [3.8, 4) is 0 Å². The Kier molecular flexibility index (Phi) is 4.24. The SMILES string of the molecule is Cc1ccnc(C=CCCN=[N+]=[N-])c1. The summed E-state index contributed by atoms with van der Waals surface area (Å²) in [6, 6.07) is 3.96. The summed E-state index contributed by atoms with van der Waals surface area (Å²) in [6.07, 6.45) is 6.42. The van der Waals surface area contributed by atoms with Gasteiger partial charge in [-0.1, -0.05) is 11.2 Å². The molecule has 1 rings (SSSR count). The van der Waals surface area contributed by atoms with Gasteiger partial charge in [0.25, 0.3) is 0 Å². The molecule has 0 spiro atoms. The monoisotopic (exact) mass is 188 g/mol. The van der Waals surface area contributed by atoms with Crippen molar-refractivity contribution in [1.82, 2.24) is 4.98 Å². The van der Waals surface area contributed by atoms with Crippen molar-refractivity contribution in [3.63, 3.8) is 0 Å². The Labute approximate surface area is 82.9 Å². The average Bonchev–Trinajstić information content (AvgIpc) is 2.18. The highest BCUT2D eigenvalue weighted by atomic mass is 15.1. The van der Waals surface area contributed by atoms with Crippen LogP contribution in [0.4, 0.5) is 0 Å². The lowest BCUT2D eigenvalue weighted by molar-refractivity contribution is 0.995. The molecular weight excluding hydrogens is 176 g/mol. The third-order valence-electron chi connectivity index (χ3n) is 1.68. The molecule has 4 heteroatoms. The van der Waals surface area contributed by atoms with E-state index in [-0.39, 0.29) is 0 Å². The number of azide groups is 1. The number of hydrogen-bond acceptors (Lipinski definition) is 2. The second kappa shape index (κ2) is 5.78. The molecule has 0 N–H and O–H groups in total. The van der Waals surface area contributed by atoms with Crippen molar-refractivity contribution < 1.29 is 0 Å². The summed E-state index contributed by atoms with van der Waals surface area (Å²) >= 11 is 0. The molecule has 1 aromatic heterocycles. The summed E-state index contributed by atoms with van der Waals surface area (Å²) in [6.45, 7) is 2.53. The zero-order valence-electron chi connectivity index (χ0n) is 8.09. The predicted molar refractivity (Wildman–Crippen MR) is 56.6 cm³/mol. The van der Waals surface area contributed by atoms with Crippen LogP contribution in [0, 0.1) is 6.92 Å². The summed E-state index contributed by atoms with van der Waals surface area (Å²) in [5, 5.41) is 3.43. The molecule has 0 bridgehead atoms. The number of nitrogens with zero attached hydrogens (tertiary/aromatic N) is 4. The molecule has 14 heavy (non-hydrogen) atoms. The molecule has 1 aromatic rings. The normalized spacial score (nSPS) is 10.1. The number of aryl methyl sites for hydroxylation is 1. The first-order chi connectivity index (χ1) is 6.83. The van der Waals surface area contributed by atoms with Gasteiger partial charge in [0.1, 0.15) is 0 Å². The fourth-order valence-corrected chi connectivity index (χ4v) is 1.03. The Hall–Kier alpha value is -1.80. The van der Waals surface area contributed by atoms with E-state index in [4.69, 9.17) is 5.53 Å². The molecule has 0 aliphatic heterocycles. The molecule has 4 nitrogen and oxygen atoms in total. The third kappa shape index (κ3) is 3.74. The molecule has 0 saturated carbocycles. The highest BCUT2D eigenvalue weighted by Gasteiger charge is 1.87. The van der Waals surface area contributed by atoms with Crippen LogP contribution < -0.4 is 0 Å². The van der Waals surface area contributed by atoms with Gasteiger partial charge in [-0.25, -0.2) is 0 Å². The van der Waals surface area contributed by atoms with Gasteiger partial charge in [0.15, 0.2) is 0 Å². The van der Waals surface area contributed by atoms with E-state index >= 15 is 0 Å². The van der Waals surface area contributed by atoms with Crippen LogP contribution in [-0.4, -0.2) is 11.5 Å². The second-order valence-corrected chi connectivity index (χ2v) is 2.90. The molecule has 0 amide bonds. The van der Waals surface area contributed by atoms with Crippen molar-refractivity contribution in [2.45, 2.75) is 13.3 Å². The Morgan fingerprint density at radius 3 is 3.21 bits per heavy atom. The Balaban J connectivity index is 2.47. The van der Waals surface area contributed by atoms with Crippen molar-refractivity contribution in [2.24, 2.45) is 5.11 Å². The largest absolute Gasteiger partial charge is 0.257 e. The van der Waals surface area contributed by atoms with Gasteiger partial charge in [0, 0.05) is 17.7 Å². The van der Waals surface area contributed by atoms with E-state index in [1.165, 1.54) is 5.56 Å². The maximum absolute atomic E-state index is 8.04. The van der Waals surface area contributed by atoms with Crippen LogP contribution in [0.2, 0.25) is 0 Å². The van der Waals surface area contributed by atoms with Crippen LogP contribution in [0.1, 0.15) is 17.7 Å². The molecule has 0 radical (unpaired) electrons. The molecule has 0 unspecified atom stereocenters. The van der Waals surface area contributed by atoms with E-state index in [1.54, 1.807) is 6.20 Å². The van der Waals surface area contributed by atoms with Gasteiger partial charge in [0.2, 0.25) is 0 Å². The molecular formula is C10H12N4. The maximum Gasteiger partial charge on any atom is 0.0629 e. The van der Waals surface area contributed by atoms with Crippen molar-refractivity contribution in [3.05, 3.63) is 46.1 Å². The topological polar surface area (TPSA) is 61.7 Å². The molecule has 0 aliphatic rings. The standard InChI is InChI=1S/C10H12N4/c1-9-5-7-12-10(8-9)4-2-3-6-13-14-11/h2,4-5,7-8H,3,6H2,1H3. The van der Waals surface area contributed by atoms with Gasteiger partial charge in [-0.05, 0) is 42.6 Å². The van der Waals surface area contributed by atoms with Crippen LogP contribution in [0.15, 0.2) is 29.5 Å². The number of hydrogen-bond donors (Lipinski definition) is 0. The van der Waals surface area contributed by atoms with Gasteiger partial charge < -0.3 is 0 Å².